The molecule has 1 atom stereocenters. The van der Waals surface area contributed by atoms with Gasteiger partial charge in [-0.1, -0.05) is 26.2 Å². The van der Waals surface area contributed by atoms with Crippen LogP contribution in [0.3, 0.4) is 0 Å². The topological polar surface area (TPSA) is 29.5 Å². The lowest BCUT2D eigenvalue weighted by molar-refractivity contribution is -0.151. The van der Waals surface area contributed by atoms with Gasteiger partial charge in [0.25, 0.3) is 0 Å². The number of nitrogens with zero attached hydrogens (tertiary/aromatic N) is 1. The molecule has 2 aliphatic rings. The minimum atomic E-state index is -1.33. The molecule has 0 radical (unpaired) electrons. The average molecular weight is 272 g/mol. The number of cyclic esters (lactones) is 1. The molecule has 98 valence electrons. The molecule has 2 aliphatic heterocycles. The Kier molecular flexibility index (Phi) is 3.53. The third-order valence-electron chi connectivity index (χ3n) is 4.29. The number of carbonyl (C=O) groups excluding carboxylic acids is 1. The van der Waals surface area contributed by atoms with Crippen molar-refractivity contribution in [3.8, 4) is 0 Å². The van der Waals surface area contributed by atoms with Crippen molar-refractivity contribution in [1.82, 2.24) is 4.23 Å². The molecular formula is C12H25NO2Si2. The quantitative estimate of drug-likeness (QED) is 0.542. The highest BCUT2D eigenvalue weighted by atomic mass is 28.4. The first kappa shape index (κ1) is 13.3. The zero-order valence-corrected chi connectivity index (χ0v) is 13.6. The number of rotatable bonds is 1. The first-order valence-electron chi connectivity index (χ1n) is 6.82. The van der Waals surface area contributed by atoms with Crippen LogP contribution in [-0.2, 0) is 9.53 Å². The summed E-state index contributed by atoms with van der Waals surface area (Å²) in [5.41, 5.74) is 0. The van der Waals surface area contributed by atoms with E-state index in [1.165, 1.54) is 12.1 Å². The summed E-state index contributed by atoms with van der Waals surface area (Å²) in [6.07, 6.45) is 3.93. The fourth-order valence-electron chi connectivity index (χ4n) is 3.49. The van der Waals surface area contributed by atoms with Crippen LogP contribution >= 0.6 is 0 Å². The van der Waals surface area contributed by atoms with Crippen LogP contribution in [0.5, 0.6) is 0 Å². The second kappa shape index (κ2) is 4.51. The number of ether oxygens (including phenoxy) is 1. The molecule has 2 fully saturated rings. The molecule has 1 unspecified atom stereocenters. The van der Waals surface area contributed by atoms with Crippen molar-refractivity contribution in [2.24, 2.45) is 0 Å². The summed E-state index contributed by atoms with van der Waals surface area (Å²) in [7, 11) is -2.65. The maximum atomic E-state index is 11.7. The summed E-state index contributed by atoms with van der Waals surface area (Å²) in [6.45, 7) is 9.75. The molecule has 0 aromatic rings. The first-order chi connectivity index (χ1) is 7.83. The Hall–Kier alpha value is -0.136. The second-order valence-corrected chi connectivity index (χ2v) is 16.3. The van der Waals surface area contributed by atoms with Gasteiger partial charge in [0.15, 0.2) is 0 Å². The van der Waals surface area contributed by atoms with Gasteiger partial charge in [-0.05, 0) is 31.4 Å². The van der Waals surface area contributed by atoms with Gasteiger partial charge in [0.1, 0.15) is 22.7 Å². The molecule has 0 spiro atoms. The van der Waals surface area contributed by atoms with Crippen molar-refractivity contribution >= 4 is 22.4 Å². The van der Waals surface area contributed by atoms with Gasteiger partial charge >= 0.3 is 5.97 Å². The Bertz CT molecular complexity index is 302. The Morgan fingerprint density at radius 3 is 2.29 bits per heavy atom. The third-order valence-corrected chi connectivity index (χ3v) is 14.6. The van der Waals surface area contributed by atoms with Gasteiger partial charge in [-0.25, -0.2) is 0 Å². The van der Waals surface area contributed by atoms with E-state index in [0.717, 1.165) is 19.3 Å². The van der Waals surface area contributed by atoms with E-state index < -0.39 is 16.5 Å². The maximum absolute atomic E-state index is 11.7. The fourth-order valence-corrected chi connectivity index (χ4v) is 18.0. The standard InChI is InChI=1S/C12H25NO2Si2/c1-16(2)9-10-17(3,4)13(16)11-7-5-6-8-12(14)15-11/h11H,5-10H2,1-4H3. The van der Waals surface area contributed by atoms with Crippen molar-refractivity contribution in [2.45, 2.75) is 70.2 Å². The molecule has 17 heavy (non-hydrogen) atoms. The average Bonchev–Trinajstić information content (AvgIpc) is 2.38. The Morgan fingerprint density at radius 2 is 1.71 bits per heavy atom. The molecular weight excluding hydrogens is 246 g/mol. The highest BCUT2D eigenvalue weighted by molar-refractivity contribution is 6.95. The first-order valence-corrected chi connectivity index (χ1v) is 13.1. The molecule has 0 aromatic carbocycles. The number of carbonyl (C=O) groups is 1. The molecule has 0 bridgehead atoms. The van der Waals surface area contributed by atoms with Crippen LogP contribution in [0.2, 0.25) is 38.3 Å². The van der Waals surface area contributed by atoms with E-state index in [1.54, 1.807) is 0 Å². The summed E-state index contributed by atoms with van der Waals surface area (Å²) in [4.78, 5) is 11.7. The van der Waals surface area contributed by atoms with Gasteiger partial charge in [-0.2, -0.15) is 0 Å². The lowest BCUT2D eigenvalue weighted by Crippen LogP contribution is -2.60. The number of hydrogen-bond acceptors (Lipinski definition) is 3. The molecule has 2 heterocycles. The van der Waals surface area contributed by atoms with Gasteiger partial charge in [0.05, 0.1) is 0 Å². The molecule has 0 N–H and O–H groups in total. The summed E-state index contributed by atoms with van der Waals surface area (Å²) in [6, 6.07) is 2.75. The molecule has 2 rings (SSSR count). The summed E-state index contributed by atoms with van der Waals surface area (Å²) < 4.78 is 8.43. The van der Waals surface area contributed by atoms with Crippen molar-refractivity contribution in [1.29, 1.82) is 0 Å². The highest BCUT2D eigenvalue weighted by Crippen LogP contribution is 2.40. The molecule has 0 saturated carbocycles. The smallest absolute Gasteiger partial charge is 0.307 e. The molecule has 0 aromatic heterocycles. The predicted molar refractivity (Wildman–Crippen MR) is 74.8 cm³/mol. The van der Waals surface area contributed by atoms with Crippen LogP contribution in [0, 0.1) is 0 Å². The minimum Gasteiger partial charge on any atom is -0.448 e. The SMILES string of the molecule is C[Si]1(C)CC[Si](C)(C)N1C1CCCCC(=O)O1. The lowest BCUT2D eigenvalue weighted by Gasteiger charge is -2.43. The van der Waals surface area contributed by atoms with E-state index >= 15 is 0 Å². The highest BCUT2D eigenvalue weighted by Gasteiger charge is 2.51. The number of esters is 1. The molecule has 0 amide bonds. The Labute approximate surface area is 107 Å². The van der Waals surface area contributed by atoms with Gasteiger partial charge in [-0.15, -0.1) is 0 Å². The monoisotopic (exact) mass is 271 g/mol. The van der Waals surface area contributed by atoms with Gasteiger partial charge in [0, 0.05) is 6.42 Å². The second-order valence-electron chi connectivity index (χ2n) is 6.69. The van der Waals surface area contributed by atoms with E-state index in [1.807, 2.05) is 0 Å². The van der Waals surface area contributed by atoms with Gasteiger partial charge in [-0.3, -0.25) is 4.79 Å². The normalized spacial score (nSPS) is 33.2. The van der Waals surface area contributed by atoms with Crippen LogP contribution in [0.15, 0.2) is 0 Å². The van der Waals surface area contributed by atoms with Crippen LogP contribution in [-0.4, -0.2) is 32.9 Å². The molecule has 2 saturated heterocycles. The summed E-state index contributed by atoms with van der Waals surface area (Å²) in [5.74, 6) is 0.0222. The molecule has 0 aliphatic carbocycles. The van der Waals surface area contributed by atoms with Crippen LogP contribution in [0.4, 0.5) is 0 Å². The Morgan fingerprint density at radius 1 is 1.12 bits per heavy atom. The van der Waals surface area contributed by atoms with Crippen molar-refractivity contribution < 1.29 is 9.53 Å². The third kappa shape index (κ3) is 2.66. The van der Waals surface area contributed by atoms with E-state index in [0.29, 0.717) is 6.42 Å². The zero-order chi connectivity index (χ0) is 12.7. The minimum absolute atomic E-state index is 0.0222. The van der Waals surface area contributed by atoms with Crippen molar-refractivity contribution in [2.75, 3.05) is 0 Å². The zero-order valence-electron chi connectivity index (χ0n) is 11.6. The van der Waals surface area contributed by atoms with Gasteiger partial charge in [0.2, 0.25) is 0 Å². The summed E-state index contributed by atoms with van der Waals surface area (Å²) in [5, 5.41) is 0. The van der Waals surface area contributed by atoms with Crippen molar-refractivity contribution in [3.63, 3.8) is 0 Å². The van der Waals surface area contributed by atoms with Crippen LogP contribution in [0.1, 0.15) is 25.7 Å². The maximum Gasteiger partial charge on any atom is 0.307 e. The fraction of sp³-hybridized carbons (Fsp3) is 0.917. The predicted octanol–water partition coefficient (Wildman–Crippen LogP) is 3.16. The van der Waals surface area contributed by atoms with E-state index in [-0.39, 0.29) is 12.2 Å². The lowest BCUT2D eigenvalue weighted by atomic mass is 10.2. The van der Waals surface area contributed by atoms with E-state index in [9.17, 15) is 4.79 Å². The molecule has 3 nitrogen and oxygen atoms in total. The van der Waals surface area contributed by atoms with E-state index in [2.05, 4.69) is 30.4 Å². The largest absolute Gasteiger partial charge is 0.448 e. The van der Waals surface area contributed by atoms with Crippen LogP contribution < -0.4 is 0 Å². The van der Waals surface area contributed by atoms with Crippen LogP contribution in [0.25, 0.3) is 0 Å². The summed E-state index contributed by atoms with van der Waals surface area (Å²) >= 11 is 0. The van der Waals surface area contributed by atoms with Crippen molar-refractivity contribution in [3.05, 3.63) is 0 Å². The number of hydrogen-bond donors (Lipinski definition) is 0. The Balaban J connectivity index is 2.21. The van der Waals surface area contributed by atoms with Gasteiger partial charge < -0.3 is 8.97 Å². The molecule has 5 heteroatoms. The van der Waals surface area contributed by atoms with E-state index in [4.69, 9.17) is 4.74 Å².